The number of hydrogen-bond acceptors (Lipinski definition) is 6. The van der Waals surface area contributed by atoms with Gasteiger partial charge in [-0.25, -0.2) is 9.31 Å². The normalized spacial score (nSPS) is 11.2. The minimum Gasteiger partial charge on any atom is -0.464 e. The van der Waals surface area contributed by atoms with Gasteiger partial charge in [-0.1, -0.05) is 37.3 Å². The third kappa shape index (κ3) is 3.15. The van der Waals surface area contributed by atoms with E-state index in [2.05, 4.69) is 10.2 Å². The molecule has 0 N–H and O–H groups in total. The zero-order valence-electron chi connectivity index (χ0n) is 15.3. The fourth-order valence-corrected chi connectivity index (χ4v) is 2.72. The number of rotatable bonds is 5. The molecule has 0 spiro atoms. The van der Waals surface area contributed by atoms with Crippen LogP contribution in [0, 0.1) is 0 Å². The van der Waals surface area contributed by atoms with Gasteiger partial charge in [-0.2, -0.15) is 5.10 Å². The summed E-state index contributed by atoms with van der Waals surface area (Å²) in [6, 6.07) is 9.94. The summed E-state index contributed by atoms with van der Waals surface area (Å²) in [6.45, 7) is 2.04. The largest absolute Gasteiger partial charge is 0.464 e. The van der Waals surface area contributed by atoms with Crippen molar-refractivity contribution in [1.82, 2.24) is 24.7 Å². The third-order valence-electron chi connectivity index (χ3n) is 3.96. The summed E-state index contributed by atoms with van der Waals surface area (Å²) < 4.78 is 6.52. The smallest absolute Gasteiger partial charge is 0.360 e. The summed E-state index contributed by atoms with van der Waals surface area (Å²) in [5.74, 6) is -0.549. The van der Waals surface area contributed by atoms with E-state index in [1.54, 1.807) is 10.6 Å². The number of benzene rings is 1. The van der Waals surface area contributed by atoms with Gasteiger partial charge in [0.15, 0.2) is 11.3 Å². The molecule has 0 saturated heterocycles. The molecule has 3 rings (SSSR count). The van der Waals surface area contributed by atoms with E-state index in [0.29, 0.717) is 11.3 Å². The van der Waals surface area contributed by atoms with Crippen LogP contribution in [0.2, 0.25) is 0 Å². The number of esters is 1. The number of nitrogens with zero attached hydrogens (tertiary/aromatic N) is 5. The molecule has 0 aliphatic carbocycles. The quantitative estimate of drug-likeness (QED) is 0.658. The first-order chi connectivity index (χ1) is 12.6. The first-order valence-corrected chi connectivity index (χ1v) is 8.33. The van der Waals surface area contributed by atoms with Gasteiger partial charge in [0.05, 0.1) is 18.4 Å². The molecule has 0 atom stereocenters. The predicted molar refractivity (Wildman–Crippen MR) is 99.7 cm³/mol. The maximum atomic E-state index is 12.1. The Bertz CT molecular complexity index is 961. The Morgan fingerprint density at radius 2 is 1.96 bits per heavy atom. The van der Waals surface area contributed by atoms with Gasteiger partial charge in [-0.15, -0.1) is 10.2 Å². The first kappa shape index (κ1) is 17.6. The van der Waals surface area contributed by atoms with Crippen molar-refractivity contribution in [2.45, 2.75) is 13.3 Å². The van der Waals surface area contributed by atoms with Gasteiger partial charge in [0.25, 0.3) is 0 Å². The average molecular weight is 351 g/mol. The molecule has 7 heteroatoms. The minimum atomic E-state index is -0.549. The molecule has 0 unspecified atom stereocenters. The molecular formula is C19H21N5O2. The van der Waals surface area contributed by atoms with Crippen LogP contribution in [-0.4, -0.2) is 51.9 Å². The maximum absolute atomic E-state index is 12.1. The molecule has 0 radical (unpaired) electrons. The number of carbonyl (C=O) groups is 1. The molecule has 134 valence electrons. The van der Waals surface area contributed by atoms with Crippen molar-refractivity contribution < 1.29 is 9.53 Å². The number of carbonyl (C=O) groups excluding carboxylic acids is 1. The lowest BCUT2D eigenvalue weighted by Gasteiger charge is -2.07. The Kier molecular flexibility index (Phi) is 4.97. The molecule has 0 aliphatic heterocycles. The molecule has 26 heavy (non-hydrogen) atoms. The molecule has 0 amide bonds. The van der Waals surface area contributed by atoms with E-state index in [1.165, 1.54) is 7.11 Å². The van der Waals surface area contributed by atoms with Crippen LogP contribution in [0.3, 0.4) is 0 Å². The van der Waals surface area contributed by atoms with Crippen molar-refractivity contribution in [2.24, 2.45) is 0 Å². The summed E-state index contributed by atoms with van der Waals surface area (Å²) in [5, 5.41) is 13.1. The van der Waals surface area contributed by atoms with Crippen LogP contribution in [0.4, 0.5) is 0 Å². The van der Waals surface area contributed by atoms with Crippen LogP contribution in [0.5, 0.6) is 0 Å². The van der Waals surface area contributed by atoms with E-state index in [-0.39, 0.29) is 5.69 Å². The Morgan fingerprint density at radius 3 is 2.58 bits per heavy atom. The van der Waals surface area contributed by atoms with Crippen molar-refractivity contribution >= 4 is 17.7 Å². The third-order valence-corrected chi connectivity index (χ3v) is 3.96. The topological polar surface area (TPSA) is 72.6 Å². The molecule has 7 nitrogen and oxygen atoms in total. The molecule has 2 aromatic heterocycles. The van der Waals surface area contributed by atoms with Crippen LogP contribution in [0.15, 0.2) is 36.5 Å². The Morgan fingerprint density at radius 1 is 1.23 bits per heavy atom. The average Bonchev–Trinajstić information content (AvgIpc) is 3.04. The number of aromatic nitrogens is 4. The Labute approximate surface area is 151 Å². The van der Waals surface area contributed by atoms with E-state index in [9.17, 15) is 4.79 Å². The predicted octanol–water partition coefficient (Wildman–Crippen LogP) is 2.67. The summed E-state index contributed by atoms with van der Waals surface area (Å²) in [7, 11) is 5.12. The fraction of sp³-hybridized carbons (Fsp3) is 0.263. The zero-order valence-corrected chi connectivity index (χ0v) is 15.3. The molecule has 1 aromatic carbocycles. The van der Waals surface area contributed by atoms with Crippen LogP contribution in [-0.2, 0) is 11.2 Å². The van der Waals surface area contributed by atoms with Crippen molar-refractivity contribution in [2.75, 3.05) is 21.2 Å². The number of hydrogen-bond donors (Lipinski definition) is 0. The van der Waals surface area contributed by atoms with E-state index in [0.717, 1.165) is 23.2 Å². The van der Waals surface area contributed by atoms with E-state index < -0.39 is 5.97 Å². The van der Waals surface area contributed by atoms with Gasteiger partial charge < -0.3 is 9.64 Å². The van der Waals surface area contributed by atoms with Crippen LogP contribution in [0.1, 0.15) is 28.8 Å². The lowest BCUT2D eigenvalue weighted by Crippen LogP contribution is -2.13. The van der Waals surface area contributed by atoms with E-state index in [1.807, 2.05) is 62.5 Å². The van der Waals surface area contributed by atoms with Crippen LogP contribution < -0.4 is 0 Å². The highest BCUT2D eigenvalue weighted by atomic mass is 16.5. The molecular weight excluding hydrogens is 330 g/mol. The lowest BCUT2D eigenvalue weighted by atomic mass is 10.0. The Hall–Kier alpha value is -3.22. The van der Waals surface area contributed by atoms with Crippen molar-refractivity contribution in [3.8, 4) is 11.1 Å². The highest BCUT2D eigenvalue weighted by molar-refractivity contribution is 5.91. The molecule has 0 aliphatic rings. The van der Waals surface area contributed by atoms with E-state index in [4.69, 9.17) is 9.84 Å². The van der Waals surface area contributed by atoms with E-state index >= 15 is 0 Å². The minimum absolute atomic E-state index is 0.128. The second-order valence-electron chi connectivity index (χ2n) is 5.98. The second-order valence-corrected chi connectivity index (χ2v) is 5.98. The van der Waals surface area contributed by atoms with Crippen molar-refractivity contribution in [3.63, 3.8) is 0 Å². The highest BCUT2D eigenvalue weighted by Crippen LogP contribution is 2.28. The number of aryl methyl sites for hydroxylation is 1. The first-order valence-electron chi connectivity index (χ1n) is 8.33. The second kappa shape index (κ2) is 7.35. The van der Waals surface area contributed by atoms with Crippen molar-refractivity contribution in [3.05, 3.63) is 53.6 Å². The number of methoxy groups -OCH3 is 1. The number of fused-ring (bicyclic) bond motifs is 1. The molecule has 0 saturated carbocycles. The zero-order chi connectivity index (χ0) is 18.7. The van der Waals surface area contributed by atoms with Crippen molar-refractivity contribution in [1.29, 1.82) is 0 Å². The van der Waals surface area contributed by atoms with Gasteiger partial charge in [0.2, 0.25) is 0 Å². The summed E-state index contributed by atoms with van der Waals surface area (Å²) in [6.07, 6.45) is 4.35. The summed E-state index contributed by atoms with van der Waals surface area (Å²) in [5.41, 5.74) is 4.11. The fourth-order valence-electron chi connectivity index (χ4n) is 2.72. The Balaban J connectivity index is 2.33. The standard InChI is InChI=1S/C19H21N5O2/c1-5-14-16(13-9-7-6-8-10-13)18-21-20-17(19(25)26-4)15(24(18)22-14)11-12-23(2)3/h6-12H,5H2,1-4H3. The van der Waals surface area contributed by atoms with Gasteiger partial charge >= 0.3 is 5.97 Å². The highest BCUT2D eigenvalue weighted by Gasteiger charge is 2.22. The maximum Gasteiger partial charge on any atom is 0.360 e. The van der Waals surface area contributed by atoms with Gasteiger partial charge in [0.1, 0.15) is 5.69 Å². The van der Waals surface area contributed by atoms with Gasteiger partial charge in [-0.3, -0.25) is 0 Å². The van der Waals surface area contributed by atoms with Gasteiger partial charge in [0, 0.05) is 20.3 Å². The lowest BCUT2D eigenvalue weighted by molar-refractivity contribution is 0.0591. The van der Waals surface area contributed by atoms with Crippen LogP contribution >= 0.6 is 0 Å². The SMILES string of the molecule is CCc1nn2c(C=CN(C)C)c(C(=O)OC)nnc2c1-c1ccccc1. The van der Waals surface area contributed by atoms with Gasteiger partial charge in [-0.05, 0) is 18.1 Å². The molecule has 0 fully saturated rings. The molecule has 0 bridgehead atoms. The molecule has 2 heterocycles. The van der Waals surface area contributed by atoms with Crippen LogP contribution in [0.25, 0.3) is 22.9 Å². The summed E-state index contributed by atoms with van der Waals surface area (Å²) in [4.78, 5) is 14.0. The molecule has 3 aromatic rings. The summed E-state index contributed by atoms with van der Waals surface area (Å²) >= 11 is 0. The number of ether oxygens (including phenoxy) is 1. The monoisotopic (exact) mass is 351 g/mol.